The van der Waals surface area contributed by atoms with Crippen molar-refractivity contribution in [3.63, 3.8) is 0 Å². The quantitative estimate of drug-likeness (QED) is 0.547. The number of aromatic nitrogens is 5. The molecule has 2 N–H and O–H groups in total. The van der Waals surface area contributed by atoms with Crippen LogP contribution in [0.3, 0.4) is 0 Å². The molecule has 1 aliphatic carbocycles. The molecule has 10 heteroatoms. The van der Waals surface area contributed by atoms with E-state index in [4.69, 9.17) is 14.8 Å². The molecule has 1 saturated carbocycles. The van der Waals surface area contributed by atoms with E-state index in [1.54, 1.807) is 0 Å². The lowest BCUT2D eigenvalue weighted by atomic mass is 9.70. The Morgan fingerprint density at radius 3 is 2.57 bits per heavy atom. The SMILES string of the molecule is Cc1cc(N2CCc3c(c(C)nn3CC34CCC(N5C[C@H](O)[C@@H](O)C5)(CC3)CO4)C2)c2cnn(C)c2n1. The second kappa shape index (κ2) is 8.23. The zero-order valence-corrected chi connectivity index (χ0v) is 22.0. The van der Waals surface area contributed by atoms with Crippen molar-refractivity contribution in [2.45, 2.75) is 82.4 Å². The number of aryl methyl sites for hydroxylation is 3. The first kappa shape index (κ1) is 23.6. The van der Waals surface area contributed by atoms with Crippen LogP contribution in [0.25, 0.3) is 11.0 Å². The van der Waals surface area contributed by atoms with Crippen LogP contribution in [0.4, 0.5) is 5.69 Å². The van der Waals surface area contributed by atoms with Crippen LogP contribution in [0.15, 0.2) is 12.3 Å². The smallest absolute Gasteiger partial charge is 0.159 e. The van der Waals surface area contributed by atoms with Crippen LogP contribution in [-0.4, -0.2) is 89.2 Å². The average molecular weight is 508 g/mol. The van der Waals surface area contributed by atoms with Gasteiger partial charge in [-0.1, -0.05) is 0 Å². The van der Waals surface area contributed by atoms with E-state index in [1.807, 2.05) is 24.9 Å². The van der Waals surface area contributed by atoms with E-state index >= 15 is 0 Å². The van der Waals surface area contributed by atoms with Gasteiger partial charge in [0.15, 0.2) is 5.65 Å². The zero-order valence-electron chi connectivity index (χ0n) is 22.0. The summed E-state index contributed by atoms with van der Waals surface area (Å²) in [6.45, 7) is 8.51. The third-order valence-corrected chi connectivity index (χ3v) is 9.59. The zero-order chi connectivity index (χ0) is 25.5. The summed E-state index contributed by atoms with van der Waals surface area (Å²) in [6, 6.07) is 2.18. The molecule has 2 atom stereocenters. The van der Waals surface area contributed by atoms with Gasteiger partial charge in [0.2, 0.25) is 0 Å². The van der Waals surface area contributed by atoms with Crippen molar-refractivity contribution in [2.24, 2.45) is 7.05 Å². The first-order valence-corrected chi connectivity index (χ1v) is 13.6. The van der Waals surface area contributed by atoms with E-state index in [0.29, 0.717) is 19.7 Å². The average Bonchev–Trinajstić information content (AvgIpc) is 3.55. The van der Waals surface area contributed by atoms with Crippen LogP contribution in [0, 0.1) is 13.8 Å². The van der Waals surface area contributed by atoms with Gasteiger partial charge in [-0.2, -0.15) is 10.2 Å². The number of nitrogens with zero attached hydrogens (tertiary/aromatic N) is 7. The highest BCUT2D eigenvalue weighted by Gasteiger charge is 2.54. The van der Waals surface area contributed by atoms with E-state index in [1.165, 1.54) is 16.9 Å². The van der Waals surface area contributed by atoms with Gasteiger partial charge < -0.3 is 19.8 Å². The number of hydrogen-bond acceptors (Lipinski definition) is 8. The summed E-state index contributed by atoms with van der Waals surface area (Å²) >= 11 is 0. The summed E-state index contributed by atoms with van der Waals surface area (Å²) in [4.78, 5) is 9.42. The summed E-state index contributed by atoms with van der Waals surface area (Å²) in [5.41, 5.74) is 6.68. The Bertz CT molecular complexity index is 1330. The molecule has 4 fully saturated rings. The number of aliphatic hydroxyl groups is 2. The first-order valence-electron chi connectivity index (χ1n) is 13.6. The number of ether oxygens (including phenoxy) is 1. The Morgan fingerprint density at radius 1 is 1.11 bits per heavy atom. The Morgan fingerprint density at radius 2 is 1.86 bits per heavy atom. The minimum atomic E-state index is -0.647. The van der Waals surface area contributed by atoms with Crippen molar-refractivity contribution in [1.82, 2.24) is 29.4 Å². The van der Waals surface area contributed by atoms with E-state index in [2.05, 4.69) is 32.6 Å². The summed E-state index contributed by atoms with van der Waals surface area (Å²) in [5, 5.41) is 30.7. The van der Waals surface area contributed by atoms with Gasteiger partial charge in [-0.05, 0) is 45.6 Å². The van der Waals surface area contributed by atoms with Gasteiger partial charge in [-0.3, -0.25) is 14.3 Å². The number of hydrogen-bond donors (Lipinski definition) is 2. The van der Waals surface area contributed by atoms with Crippen LogP contribution in [0.5, 0.6) is 0 Å². The summed E-state index contributed by atoms with van der Waals surface area (Å²) in [7, 11) is 1.95. The Kier molecular flexibility index (Phi) is 5.25. The lowest BCUT2D eigenvalue weighted by molar-refractivity contribution is -0.198. The molecule has 7 heterocycles. The van der Waals surface area contributed by atoms with Crippen LogP contribution in [0.2, 0.25) is 0 Å². The Balaban J connectivity index is 1.10. The molecule has 8 rings (SSSR count). The fourth-order valence-corrected chi connectivity index (χ4v) is 7.27. The molecule has 10 nitrogen and oxygen atoms in total. The minimum absolute atomic E-state index is 0.0412. The van der Waals surface area contributed by atoms with Crippen molar-refractivity contribution >= 4 is 16.7 Å². The predicted molar refractivity (Wildman–Crippen MR) is 138 cm³/mol. The lowest BCUT2D eigenvalue weighted by Crippen LogP contribution is -2.63. The highest BCUT2D eigenvalue weighted by molar-refractivity contribution is 5.89. The van der Waals surface area contributed by atoms with Crippen LogP contribution in [-0.2, 0) is 31.3 Å². The van der Waals surface area contributed by atoms with Crippen molar-refractivity contribution < 1.29 is 14.9 Å². The van der Waals surface area contributed by atoms with E-state index in [9.17, 15) is 10.2 Å². The van der Waals surface area contributed by atoms with Gasteiger partial charge in [-0.15, -0.1) is 0 Å². The molecule has 3 aromatic heterocycles. The number of pyridine rings is 1. The van der Waals surface area contributed by atoms with Crippen molar-refractivity contribution in [1.29, 1.82) is 0 Å². The molecule has 0 aromatic carbocycles. The van der Waals surface area contributed by atoms with Crippen LogP contribution in [0.1, 0.15) is 48.3 Å². The number of anilines is 1. The third-order valence-electron chi connectivity index (χ3n) is 9.59. The van der Waals surface area contributed by atoms with Gasteiger partial charge in [-0.25, -0.2) is 4.98 Å². The molecule has 4 aliphatic heterocycles. The normalized spacial score (nSPS) is 32.0. The molecular weight excluding hydrogens is 470 g/mol. The van der Waals surface area contributed by atoms with Gasteiger partial charge in [0, 0.05) is 62.1 Å². The first-order chi connectivity index (χ1) is 17.8. The number of fused-ring (bicyclic) bond motifs is 5. The third kappa shape index (κ3) is 3.64. The van der Waals surface area contributed by atoms with Gasteiger partial charge in [0.05, 0.1) is 53.9 Å². The number of β-amino-alcohol motifs (C(OH)–C–C–N with tert-alkyl or cyclic N) is 2. The molecule has 198 valence electrons. The molecule has 5 aliphatic rings. The fourth-order valence-electron chi connectivity index (χ4n) is 7.27. The standard InChI is InChI=1S/C27H37N7O3/c1-17-10-22(19-11-28-31(3)25(19)29-17)32-9-4-21-20(12-32)18(2)30-34(21)15-27-7-5-26(6-8-27,16-37-27)33-13-23(35)24(36)14-33/h10-11,23-24,35-36H,4-9,12-16H2,1-3H3/t23-,24-,26?,27?/m0/s1. The summed E-state index contributed by atoms with van der Waals surface area (Å²) in [5.74, 6) is 0. The highest BCUT2D eigenvalue weighted by Crippen LogP contribution is 2.48. The molecule has 0 amide bonds. The molecule has 0 spiro atoms. The number of aliphatic hydroxyl groups excluding tert-OH is 2. The number of likely N-dealkylation sites (tertiary alicyclic amines) is 1. The topological polar surface area (TPSA) is 105 Å². The second-order valence-electron chi connectivity index (χ2n) is 11.9. The number of rotatable bonds is 4. The van der Waals surface area contributed by atoms with Crippen molar-refractivity contribution in [2.75, 3.05) is 31.1 Å². The highest BCUT2D eigenvalue weighted by atomic mass is 16.5. The van der Waals surface area contributed by atoms with E-state index < -0.39 is 12.2 Å². The monoisotopic (exact) mass is 507 g/mol. The second-order valence-corrected chi connectivity index (χ2v) is 11.9. The summed E-state index contributed by atoms with van der Waals surface area (Å²) < 4.78 is 10.7. The Hall–Kier alpha value is -2.53. The molecule has 3 aromatic rings. The van der Waals surface area contributed by atoms with Crippen LogP contribution >= 0.6 is 0 Å². The molecular formula is C27H37N7O3. The minimum Gasteiger partial charge on any atom is -0.389 e. The Labute approximate surface area is 216 Å². The van der Waals surface area contributed by atoms with Gasteiger partial charge in [0.1, 0.15) is 0 Å². The van der Waals surface area contributed by atoms with Crippen molar-refractivity contribution in [3.8, 4) is 0 Å². The molecule has 0 unspecified atom stereocenters. The summed E-state index contributed by atoms with van der Waals surface area (Å²) in [6.07, 6.45) is 5.65. The molecule has 2 bridgehead atoms. The molecule has 3 saturated heterocycles. The molecule has 37 heavy (non-hydrogen) atoms. The van der Waals surface area contributed by atoms with Crippen LogP contribution < -0.4 is 4.90 Å². The predicted octanol–water partition coefficient (Wildman–Crippen LogP) is 1.46. The van der Waals surface area contributed by atoms with Gasteiger partial charge in [0.25, 0.3) is 0 Å². The maximum absolute atomic E-state index is 10.1. The maximum Gasteiger partial charge on any atom is 0.159 e. The van der Waals surface area contributed by atoms with E-state index in [-0.39, 0.29) is 11.1 Å². The lowest BCUT2D eigenvalue weighted by Gasteiger charge is -2.56. The maximum atomic E-state index is 10.1. The largest absolute Gasteiger partial charge is 0.389 e. The van der Waals surface area contributed by atoms with Gasteiger partial charge >= 0.3 is 0 Å². The van der Waals surface area contributed by atoms with Crippen molar-refractivity contribution in [3.05, 3.63) is 34.9 Å². The van der Waals surface area contributed by atoms with E-state index in [0.717, 1.165) is 74.2 Å². The fraction of sp³-hybridized carbons (Fsp3) is 0.667. The molecule has 0 radical (unpaired) electrons.